The molecule has 23 heavy (non-hydrogen) atoms. The number of carbonyl (C=O) groups is 1. The molecule has 0 aliphatic carbocycles. The Morgan fingerprint density at radius 3 is 2.13 bits per heavy atom. The molecule has 1 aromatic carbocycles. The monoisotopic (exact) mass is 381 g/mol. The Balaban J connectivity index is 0.000000585. The van der Waals surface area contributed by atoms with Crippen LogP contribution in [0.1, 0.15) is 52.0 Å². The van der Waals surface area contributed by atoms with E-state index < -0.39 is 11.9 Å². The van der Waals surface area contributed by atoms with Crippen LogP contribution in [0.25, 0.3) is 0 Å². The average molecular weight is 383 g/mol. The van der Waals surface area contributed by atoms with Crippen molar-refractivity contribution in [2.24, 2.45) is 0 Å². The number of halogens is 3. The summed E-state index contributed by atoms with van der Waals surface area (Å²) in [7, 11) is 0. The minimum absolute atomic E-state index is 0.311. The molecule has 132 valence electrons. The molecule has 0 bridgehead atoms. The normalized spacial score (nSPS) is 12.0. The highest BCUT2D eigenvalue weighted by molar-refractivity contribution is 6.42. The van der Waals surface area contributed by atoms with Gasteiger partial charge in [-0.15, -0.1) is 11.6 Å². The van der Waals surface area contributed by atoms with Crippen LogP contribution in [0.4, 0.5) is 0 Å². The SMILES string of the molecule is CC(C)NC(C)C.O=C(O)C(CCCCl)c1cccc(Cl)c1Cl. The zero-order valence-corrected chi connectivity index (χ0v) is 16.3. The van der Waals surface area contributed by atoms with Crippen molar-refractivity contribution in [2.45, 2.75) is 58.5 Å². The number of aliphatic carboxylic acids is 1. The molecule has 2 N–H and O–H groups in total. The number of hydrogen-bond acceptors (Lipinski definition) is 2. The van der Waals surface area contributed by atoms with E-state index in [4.69, 9.17) is 39.9 Å². The summed E-state index contributed by atoms with van der Waals surface area (Å²) >= 11 is 17.4. The van der Waals surface area contributed by atoms with Gasteiger partial charge in [0.2, 0.25) is 0 Å². The van der Waals surface area contributed by atoms with Crippen molar-refractivity contribution in [2.75, 3.05) is 5.88 Å². The Morgan fingerprint density at radius 2 is 1.74 bits per heavy atom. The van der Waals surface area contributed by atoms with Crippen molar-refractivity contribution < 1.29 is 9.90 Å². The summed E-state index contributed by atoms with van der Waals surface area (Å²) in [5, 5.41) is 13.1. The molecular weight excluding hydrogens is 357 g/mol. The largest absolute Gasteiger partial charge is 0.481 e. The van der Waals surface area contributed by atoms with Gasteiger partial charge in [-0.05, 0) is 24.5 Å². The first-order valence-corrected chi connectivity index (χ1v) is 8.98. The molecule has 0 spiro atoms. The van der Waals surface area contributed by atoms with Crippen LogP contribution in [0.15, 0.2) is 18.2 Å². The molecule has 1 rings (SSSR count). The predicted octanol–water partition coefficient (Wildman–Crippen LogP) is 5.57. The first-order chi connectivity index (χ1) is 10.7. The van der Waals surface area contributed by atoms with Crippen molar-refractivity contribution in [3.63, 3.8) is 0 Å². The molecule has 0 amide bonds. The molecule has 6 heteroatoms. The molecule has 0 aliphatic heterocycles. The fourth-order valence-corrected chi connectivity index (χ4v) is 2.74. The van der Waals surface area contributed by atoms with Gasteiger partial charge >= 0.3 is 5.97 Å². The van der Waals surface area contributed by atoms with Crippen LogP contribution in [0.3, 0.4) is 0 Å². The summed E-state index contributed by atoms with van der Waals surface area (Å²) in [6.07, 6.45) is 1.08. The second kappa shape index (κ2) is 12.0. The molecule has 1 aromatic rings. The first-order valence-electron chi connectivity index (χ1n) is 7.69. The van der Waals surface area contributed by atoms with Gasteiger partial charge in [-0.2, -0.15) is 0 Å². The zero-order valence-electron chi connectivity index (χ0n) is 14.1. The molecule has 0 radical (unpaired) electrons. The smallest absolute Gasteiger partial charge is 0.311 e. The van der Waals surface area contributed by atoms with E-state index in [1.54, 1.807) is 18.2 Å². The Morgan fingerprint density at radius 1 is 1.17 bits per heavy atom. The minimum atomic E-state index is -0.908. The van der Waals surface area contributed by atoms with E-state index in [0.717, 1.165) is 0 Å². The van der Waals surface area contributed by atoms with Gasteiger partial charge in [0, 0.05) is 18.0 Å². The number of benzene rings is 1. The van der Waals surface area contributed by atoms with Crippen LogP contribution < -0.4 is 5.32 Å². The molecule has 0 fully saturated rings. The maximum atomic E-state index is 11.1. The number of alkyl halides is 1. The van der Waals surface area contributed by atoms with E-state index in [9.17, 15) is 4.79 Å². The maximum absolute atomic E-state index is 11.1. The van der Waals surface area contributed by atoms with Gasteiger partial charge in [-0.3, -0.25) is 4.79 Å². The van der Waals surface area contributed by atoms with Gasteiger partial charge in [0.25, 0.3) is 0 Å². The summed E-state index contributed by atoms with van der Waals surface area (Å²) in [5.74, 6) is -1.12. The molecule has 0 saturated heterocycles. The molecule has 0 saturated carbocycles. The van der Waals surface area contributed by atoms with Crippen molar-refractivity contribution in [1.29, 1.82) is 0 Å². The van der Waals surface area contributed by atoms with E-state index in [2.05, 4.69) is 33.0 Å². The van der Waals surface area contributed by atoms with Crippen molar-refractivity contribution in [3.8, 4) is 0 Å². The summed E-state index contributed by atoms with van der Waals surface area (Å²) in [6, 6.07) is 6.26. The topological polar surface area (TPSA) is 49.3 Å². The van der Waals surface area contributed by atoms with Crippen LogP contribution in [-0.4, -0.2) is 29.0 Å². The van der Waals surface area contributed by atoms with Crippen LogP contribution in [-0.2, 0) is 4.79 Å². The van der Waals surface area contributed by atoms with E-state index in [1.807, 2.05) is 0 Å². The standard InChI is InChI=1S/C11H11Cl3O2.C6H15N/c12-6-2-4-8(11(15)16)7-3-1-5-9(13)10(7)14;1-5(2)7-6(3)4/h1,3,5,8H,2,4,6H2,(H,15,16);5-7H,1-4H3. The van der Waals surface area contributed by atoms with Crippen LogP contribution >= 0.6 is 34.8 Å². The lowest BCUT2D eigenvalue weighted by Gasteiger charge is -2.14. The predicted molar refractivity (Wildman–Crippen MR) is 100 cm³/mol. The van der Waals surface area contributed by atoms with E-state index >= 15 is 0 Å². The first kappa shape index (κ1) is 22.5. The molecule has 0 heterocycles. The van der Waals surface area contributed by atoms with E-state index in [-0.39, 0.29) is 0 Å². The summed E-state index contributed by atoms with van der Waals surface area (Å²) in [4.78, 5) is 11.1. The number of nitrogens with one attached hydrogen (secondary N) is 1. The molecular formula is C17H26Cl3NO2. The van der Waals surface area contributed by atoms with Crippen LogP contribution in [0, 0.1) is 0 Å². The lowest BCUT2D eigenvalue weighted by atomic mass is 9.94. The van der Waals surface area contributed by atoms with Gasteiger partial charge in [0.15, 0.2) is 0 Å². The second-order valence-electron chi connectivity index (χ2n) is 5.84. The molecule has 3 nitrogen and oxygen atoms in total. The quantitative estimate of drug-likeness (QED) is 0.606. The van der Waals surface area contributed by atoms with Crippen molar-refractivity contribution >= 4 is 40.8 Å². The third-order valence-electron chi connectivity index (χ3n) is 2.95. The van der Waals surface area contributed by atoms with Gasteiger partial charge < -0.3 is 10.4 Å². The third kappa shape index (κ3) is 9.41. The Bertz CT molecular complexity index is 473. The van der Waals surface area contributed by atoms with Crippen LogP contribution in [0.2, 0.25) is 10.0 Å². The second-order valence-corrected chi connectivity index (χ2v) is 7.00. The van der Waals surface area contributed by atoms with Gasteiger partial charge in [0.1, 0.15) is 0 Å². The summed E-state index contributed by atoms with van der Waals surface area (Å²) < 4.78 is 0. The Labute approximate surface area is 154 Å². The Hall–Kier alpha value is -0.480. The fraction of sp³-hybridized carbons (Fsp3) is 0.588. The minimum Gasteiger partial charge on any atom is -0.481 e. The van der Waals surface area contributed by atoms with Gasteiger partial charge in [-0.1, -0.05) is 63.0 Å². The number of carboxylic acid groups (broad SMARTS) is 1. The fourth-order valence-electron chi connectivity index (χ4n) is 2.15. The van der Waals surface area contributed by atoms with Crippen LogP contribution in [0.5, 0.6) is 0 Å². The third-order valence-corrected chi connectivity index (χ3v) is 4.05. The van der Waals surface area contributed by atoms with Crippen molar-refractivity contribution in [1.82, 2.24) is 5.32 Å². The number of carboxylic acids is 1. The van der Waals surface area contributed by atoms with Crippen molar-refractivity contribution in [3.05, 3.63) is 33.8 Å². The molecule has 1 atom stereocenters. The number of hydrogen-bond donors (Lipinski definition) is 2. The highest BCUT2D eigenvalue weighted by atomic mass is 35.5. The van der Waals surface area contributed by atoms with E-state index in [1.165, 1.54) is 0 Å². The van der Waals surface area contributed by atoms with Gasteiger partial charge in [-0.25, -0.2) is 0 Å². The highest BCUT2D eigenvalue weighted by Gasteiger charge is 2.22. The summed E-state index contributed by atoms with van der Waals surface area (Å²) in [5.41, 5.74) is 0.548. The van der Waals surface area contributed by atoms with Gasteiger partial charge in [0.05, 0.1) is 16.0 Å². The zero-order chi connectivity index (χ0) is 18.0. The van der Waals surface area contributed by atoms with E-state index in [0.29, 0.717) is 46.4 Å². The number of rotatable bonds is 7. The molecule has 0 aromatic heterocycles. The highest BCUT2D eigenvalue weighted by Crippen LogP contribution is 2.33. The Kier molecular flexibility index (Phi) is 11.7. The average Bonchev–Trinajstić information content (AvgIpc) is 2.42. The lowest BCUT2D eigenvalue weighted by molar-refractivity contribution is -0.139. The molecule has 1 unspecified atom stereocenters. The lowest BCUT2D eigenvalue weighted by Crippen LogP contribution is -2.29. The maximum Gasteiger partial charge on any atom is 0.311 e. The molecule has 0 aliphatic rings. The summed E-state index contributed by atoms with van der Waals surface area (Å²) in [6.45, 7) is 8.61.